The monoisotopic (exact) mass is 341 g/mol. The number of thiazole rings is 1. The van der Waals surface area contributed by atoms with Gasteiger partial charge in [0.2, 0.25) is 0 Å². The molecule has 0 N–H and O–H groups in total. The standard InChI is InChI=1S/C18H19N3O2S/c1-23-14-7-5-13(6-8-14)15-11-21-16(12-24-18(21)19-15)17(22)20-9-3-2-4-10-20/h5-8,11-12H,2-4,9-10H2,1H3. The number of imidazole rings is 1. The second kappa shape index (κ2) is 6.28. The zero-order chi connectivity index (χ0) is 16.5. The van der Waals surface area contributed by atoms with Gasteiger partial charge in [-0.1, -0.05) is 0 Å². The number of benzene rings is 1. The van der Waals surface area contributed by atoms with Crippen molar-refractivity contribution in [3.63, 3.8) is 0 Å². The Morgan fingerprint density at radius 2 is 1.92 bits per heavy atom. The summed E-state index contributed by atoms with van der Waals surface area (Å²) in [5.41, 5.74) is 2.60. The Kier molecular flexibility index (Phi) is 3.98. The largest absolute Gasteiger partial charge is 0.497 e. The molecule has 3 heterocycles. The Morgan fingerprint density at radius 3 is 2.62 bits per heavy atom. The number of likely N-dealkylation sites (tertiary alicyclic amines) is 1. The van der Waals surface area contributed by atoms with Crippen LogP contribution in [0.15, 0.2) is 35.8 Å². The van der Waals surface area contributed by atoms with Crippen LogP contribution < -0.4 is 4.74 Å². The second-order valence-corrected chi connectivity index (χ2v) is 6.82. The van der Waals surface area contributed by atoms with Crippen molar-refractivity contribution in [2.24, 2.45) is 0 Å². The van der Waals surface area contributed by atoms with Crippen molar-refractivity contribution < 1.29 is 9.53 Å². The van der Waals surface area contributed by atoms with Gasteiger partial charge in [-0.05, 0) is 43.5 Å². The van der Waals surface area contributed by atoms with Crippen LogP contribution in [-0.4, -0.2) is 40.4 Å². The van der Waals surface area contributed by atoms with Gasteiger partial charge in [0.25, 0.3) is 5.91 Å². The first-order valence-corrected chi connectivity index (χ1v) is 9.04. The van der Waals surface area contributed by atoms with Crippen molar-refractivity contribution in [1.29, 1.82) is 0 Å². The number of amides is 1. The number of nitrogens with zero attached hydrogens (tertiary/aromatic N) is 3. The second-order valence-electron chi connectivity index (χ2n) is 5.98. The highest BCUT2D eigenvalue weighted by molar-refractivity contribution is 7.15. The van der Waals surface area contributed by atoms with Crippen molar-refractivity contribution in [2.45, 2.75) is 19.3 Å². The molecule has 1 saturated heterocycles. The summed E-state index contributed by atoms with van der Waals surface area (Å²) in [5, 5.41) is 1.91. The molecular weight excluding hydrogens is 322 g/mol. The molecule has 0 atom stereocenters. The summed E-state index contributed by atoms with van der Waals surface area (Å²) >= 11 is 1.51. The Labute approximate surface area is 144 Å². The highest BCUT2D eigenvalue weighted by Gasteiger charge is 2.22. The van der Waals surface area contributed by atoms with Crippen LogP contribution in [0.25, 0.3) is 16.2 Å². The van der Waals surface area contributed by atoms with Gasteiger partial charge in [-0.3, -0.25) is 9.20 Å². The van der Waals surface area contributed by atoms with Crippen LogP contribution in [0.1, 0.15) is 29.8 Å². The van der Waals surface area contributed by atoms with E-state index in [-0.39, 0.29) is 5.91 Å². The molecule has 2 aromatic heterocycles. The lowest BCUT2D eigenvalue weighted by Crippen LogP contribution is -2.36. The molecular formula is C18H19N3O2S. The van der Waals surface area contributed by atoms with E-state index in [1.165, 1.54) is 17.8 Å². The van der Waals surface area contributed by atoms with E-state index in [0.717, 1.165) is 47.9 Å². The van der Waals surface area contributed by atoms with Crippen LogP contribution in [0.5, 0.6) is 5.75 Å². The van der Waals surface area contributed by atoms with E-state index in [4.69, 9.17) is 4.74 Å². The first-order valence-electron chi connectivity index (χ1n) is 8.16. The predicted octanol–water partition coefficient (Wildman–Crippen LogP) is 3.70. The van der Waals surface area contributed by atoms with Gasteiger partial charge in [-0.2, -0.15) is 0 Å². The van der Waals surface area contributed by atoms with Gasteiger partial charge >= 0.3 is 0 Å². The molecule has 4 rings (SSSR count). The van der Waals surface area contributed by atoms with Crippen LogP contribution in [0.3, 0.4) is 0 Å². The molecule has 0 spiro atoms. The predicted molar refractivity (Wildman–Crippen MR) is 94.8 cm³/mol. The number of ether oxygens (including phenoxy) is 1. The molecule has 24 heavy (non-hydrogen) atoms. The molecule has 1 fully saturated rings. The van der Waals surface area contributed by atoms with Crippen LogP contribution in [0.4, 0.5) is 0 Å². The van der Waals surface area contributed by atoms with Crippen molar-refractivity contribution >= 4 is 22.2 Å². The van der Waals surface area contributed by atoms with Crippen molar-refractivity contribution in [2.75, 3.05) is 20.2 Å². The fraction of sp³-hybridized carbons (Fsp3) is 0.333. The minimum Gasteiger partial charge on any atom is -0.497 e. The number of aromatic nitrogens is 2. The lowest BCUT2D eigenvalue weighted by atomic mass is 10.1. The smallest absolute Gasteiger partial charge is 0.271 e. The maximum Gasteiger partial charge on any atom is 0.271 e. The Bertz CT molecular complexity index is 860. The van der Waals surface area contributed by atoms with Gasteiger partial charge in [-0.15, -0.1) is 11.3 Å². The van der Waals surface area contributed by atoms with E-state index in [9.17, 15) is 4.79 Å². The van der Waals surface area contributed by atoms with Crippen LogP contribution in [0, 0.1) is 0 Å². The van der Waals surface area contributed by atoms with Gasteiger partial charge < -0.3 is 9.64 Å². The summed E-state index contributed by atoms with van der Waals surface area (Å²) in [6.07, 6.45) is 5.36. The number of fused-ring (bicyclic) bond motifs is 1. The maximum atomic E-state index is 12.8. The third-order valence-corrected chi connectivity index (χ3v) is 5.30. The molecule has 1 aromatic carbocycles. The topological polar surface area (TPSA) is 46.8 Å². The summed E-state index contributed by atoms with van der Waals surface area (Å²) in [6.45, 7) is 1.71. The SMILES string of the molecule is COc1ccc(-c2cn3c(C(=O)N4CCCCC4)csc3n2)cc1. The molecule has 124 valence electrons. The minimum atomic E-state index is 0.111. The molecule has 0 aliphatic carbocycles. The molecule has 6 heteroatoms. The van der Waals surface area contributed by atoms with E-state index >= 15 is 0 Å². The lowest BCUT2D eigenvalue weighted by molar-refractivity contribution is 0.0717. The van der Waals surface area contributed by atoms with Crippen molar-refractivity contribution in [3.05, 3.63) is 41.5 Å². The van der Waals surface area contributed by atoms with E-state index in [1.54, 1.807) is 7.11 Å². The molecule has 3 aromatic rings. The Morgan fingerprint density at radius 1 is 1.17 bits per heavy atom. The third-order valence-electron chi connectivity index (χ3n) is 4.46. The molecule has 1 aliphatic rings. The summed E-state index contributed by atoms with van der Waals surface area (Å²) in [7, 11) is 1.65. The molecule has 5 nitrogen and oxygen atoms in total. The summed E-state index contributed by atoms with van der Waals surface area (Å²) in [6, 6.07) is 7.81. The number of piperidine rings is 1. The van der Waals surface area contributed by atoms with Gasteiger partial charge in [0.15, 0.2) is 4.96 Å². The molecule has 1 amide bonds. The van der Waals surface area contributed by atoms with E-state index in [2.05, 4.69) is 4.98 Å². The zero-order valence-electron chi connectivity index (χ0n) is 13.6. The molecule has 0 radical (unpaired) electrons. The lowest BCUT2D eigenvalue weighted by Gasteiger charge is -2.26. The molecule has 0 unspecified atom stereocenters. The van der Waals surface area contributed by atoms with Gasteiger partial charge in [-0.25, -0.2) is 4.98 Å². The molecule has 0 saturated carbocycles. The number of methoxy groups -OCH3 is 1. The van der Waals surface area contributed by atoms with Crippen molar-refractivity contribution in [1.82, 2.24) is 14.3 Å². The number of carbonyl (C=O) groups excluding carboxylic acids is 1. The van der Waals surface area contributed by atoms with Crippen LogP contribution in [-0.2, 0) is 0 Å². The van der Waals surface area contributed by atoms with E-state index in [1.807, 2.05) is 45.1 Å². The first-order chi connectivity index (χ1) is 11.8. The fourth-order valence-corrected chi connectivity index (χ4v) is 3.94. The Balaban J connectivity index is 1.66. The molecule has 0 bridgehead atoms. The average Bonchev–Trinajstić information content (AvgIpc) is 3.22. The maximum absolute atomic E-state index is 12.8. The van der Waals surface area contributed by atoms with E-state index < -0.39 is 0 Å². The van der Waals surface area contributed by atoms with E-state index in [0.29, 0.717) is 5.69 Å². The third kappa shape index (κ3) is 2.67. The number of carbonyl (C=O) groups is 1. The number of hydrogen-bond acceptors (Lipinski definition) is 4. The number of rotatable bonds is 3. The minimum absolute atomic E-state index is 0.111. The first kappa shape index (κ1) is 15.2. The summed E-state index contributed by atoms with van der Waals surface area (Å²) < 4.78 is 7.11. The van der Waals surface area contributed by atoms with Gasteiger partial charge in [0, 0.05) is 30.2 Å². The quantitative estimate of drug-likeness (QED) is 0.730. The fourth-order valence-electron chi connectivity index (χ4n) is 3.10. The van der Waals surface area contributed by atoms with Crippen molar-refractivity contribution in [3.8, 4) is 17.0 Å². The van der Waals surface area contributed by atoms with Gasteiger partial charge in [0.1, 0.15) is 11.4 Å². The molecule has 1 aliphatic heterocycles. The normalized spacial score (nSPS) is 15.0. The van der Waals surface area contributed by atoms with Gasteiger partial charge in [0.05, 0.1) is 12.8 Å². The summed E-state index contributed by atoms with van der Waals surface area (Å²) in [5.74, 6) is 0.931. The average molecular weight is 341 g/mol. The van der Waals surface area contributed by atoms with Crippen LogP contribution in [0.2, 0.25) is 0 Å². The Hall–Kier alpha value is -2.34. The number of hydrogen-bond donors (Lipinski definition) is 0. The zero-order valence-corrected chi connectivity index (χ0v) is 14.4. The van der Waals surface area contributed by atoms with Crippen LogP contribution >= 0.6 is 11.3 Å². The summed E-state index contributed by atoms with van der Waals surface area (Å²) in [4.78, 5) is 20.2. The highest BCUT2D eigenvalue weighted by atomic mass is 32.1. The highest BCUT2D eigenvalue weighted by Crippen LogP contribution is 2.26.